The number of nitrogens with two attached hydrogens (primary N) is 1. The maximum absolute atomic E-state index is 12.2. The van der Waals surface area contributed by atoms with Gasteiger partial charge in [-0.2, -0.15) is 0 Å². The van der Waals surface area contributed by atoms with Gasteiger partial charge in [-0.15, -0.1) is 12.4 Å². The minimum absolute atomic E-state index is 0. The molecule has 0 aliphatic heterocycles. The predicted molar refractivity (Wildman–Crippen MR) is 90.1 cm³/mol. The van der Waals surface area contributed by atoms with Crippen molar-refractivity contribution in [2.45, 2.75) is 13.0 Å². The van der Waals surface area contributed by atoms with Crippen molar-refractivity contribution in [1.29, 1.82) is 0 Å². The molecule has 22 heavy (non-hydrogen) atoms. The van der Waals surface area contributed by atoms with Crippen LogP contribution in [0, 0.1) is 5.92 Å². The van der Waals surface area contributed by atoms with Crippen LogP contribution >= 0.6 is 12.4 Å². The van der Waals surface area contributed by atoms with Crippen molar-refractivity contribution < 1.29 is 4.79 Å². The zero-order valence-corrected chi connectivity index (χ0v) is 13.3. The highest BCUT2D eigenvalue weighted by Gasteiger charge is 2.22. The minimum Gasteiger partial charge on any atom is -0.324 e. The van der Waals surface area contributed by atoms with Gasteiger partial charge in [0.25, 0.3) is 0 Å². The summed E-state index contributed by atoms with van der Waals surface area (Å²) in [6.07, 6.45) is 1.58. The van der Waals surface area contributed by atoms with Crippen molar-refractivity contribution >= 4 is 24.0 Å². The lowest BCUT2D eigenvalue weighted by Crippen LogP contribution is -2.31. The summed E-state index contributed by atoms with van der Waals surface area (Å²) in [5.41, 5.74) is 7.50. The number of benzene rings is 1. The molecule has 2 rings (SSSR count). The summed E-state index contributed by atoms with van der Waals surface area (Å²) in [7, 11) is 1.64. The van der Waals surface area contributed by atoms with Gasteiger partial charge in [0, 0.05) is 25.4 Å². The summed E-state index contributed by atoms with van der Waals surface area (Å²) in [4.78, 5) is 23.6. The Labute approximate surface area is 135 Å². The summed E-state index contributed by atoms with van der Waals surface area (Å²) < 4.78 is 1.41. The van der Waals surface area contributed by atoms with Gasteiger partial charge in [0.2, 0.25) is 11.5 Å². The number of halogens is 1. The number of anilines is 1. The molecule has 3 N–H and O–H groups in total. The lowest BCUT2D eigenvalue weighted by molar-refractivity contribution is -0.120. The third-order valence-electron chi connectivity index (χ3n) is 3.49. The van der Waals surface area contributed by atoms with Crippen molar-refractivity contribution in [3.63, 3.8) is 0 Å². The van der Waals surface area contributed by atoms with E-state index in [9.17, 15) is 9.59 Å². The smallest absolute Gasteiger partial charge is 0.250 e. The molecule has 0 bridgehead atoms. The Morgan fingerprint density at radius 1 is 1.18 bits per heavy atom. The number of carbonyl (C=O) groups is 1. The number of aromatic nitrogens is 1. The highest BCUT2D eigenvalue weighted by Crippen LogP contribution is 2.20. The topological polar surface area (TPSA) is 77.1 Å². The Bertz CT molecular complexity index is 685. The summed E-state index contributed by atoms with van der Waals surface area (Å²) in [5.74, 6) is -0.561. The third kappa shape index (κ3) is 4.19. The van der Waals surface area contributed by atoms with Crippen LogP contribution < -0.4 is 16.6 Å². The zero-order chi connectivity index (χ0) is 15.4. The number of aryl methyl sites for hydroxylation is 1. The molecule has 0 aliphatic carbocycles. The average molecular weight is 322 g/mol. The standard InChI is InChI=1S/C16H19N3O2.ClH/c1-11(15(17)12-6-4-3-5-7-12)16(21)18-13-8-9-14(20)19(2)10-13;/h3-11,15H,17H2,1-2H3,(H,18,21);1H. The van der Waals surface area contributed by atoms with E-state index in [1.54, 1.807) is 26.2 Å². The van der Waals surface area contributed by atoms with Gasteiger partial charge in [0.05, 0.1) is 11.6 Å². The molecule has 2 unspecified atom stereocenters. The van der Waals surface area contributed by atoms with Crippen LogP contribution in [0.2, 0.25) is 0 Å². The number of carbonyl (C=O) groups excluding carboxylic acids is 1. The number of pyridine rings is 1. The highest BCUT2D eigenvalue weighted by molar-refractivity contribution is 5.92. The maximum Gasteiger partial charge on any atom is 0.250 e. The largest absolute Gasteiger partial charge is 0.324 e. The number of hydrogen-bond donors (Lipinski definition) is 2. The van der Waals surface area contributed by atoms with Crippen molar-refractivity contribution in [3.8, 4) is 0 Å². The van der Waals surface area contributed by atoms with Gasteiger partial charge in [-0.25, -0.2) is 0 Å². The Morgan fingerprint density at radius 2 is 1.82 bits per heavy atom. The van der Waals surface area contributed by atoms with E-state index in [4.69, 9.17) is 5.73 Å². The van der Waals surface area contributed by atoms with Crippen LogP contribution in [0.3, 0.4) is 0 Å². The summed E-state index contributed by atoms with van der Waals surface area (Å²) in [6.45, 7) is 1.79. The van der Waals surface area contributed by atoms with Crippen LogP contribution in [0.1, 0.15) is 18.5 Å². The van der Waals surface area contributed by atoms with Crippen LogP contribution in [0.4, 0.5) is 5.69 Å². The molecule has 0 radical (unpaired) electrons. The van der Waals surface area contributed by atoms with Crippen molar-refractivity contribution in [3.05, 3.63) is 64.6 Å². The molecule has 6 heteroatoms. The van der Waals surface area contributed by atoms with Crippen LogP contribution in [-0.4, -0.2) is 10.5 Å². The minimum atomic E-state index is -0.385. The number of nitrogens with one attached hydrogen (secondary N) is 1. The molecule has 0 saturated carbocycles. The van der Waals surface area contributed by atoms with Crippen LogP contribution in [0.15, 0.2) is 53.5 Å². The Kier molecular flexibility index (Phi) is 6.34. The van der Waals surface area contributed by atoms with E-state index in [-0.39, 0.29) is 35.8 Å². The highest BCUT2D eigenvalue weighted by atomic mass is 35.5. The van der Waals surface area contributed by atoms with E-state index in [0.717, 1.165) is 5.56 Å². The van der Waals surface area contributed by atoms with E-state index in [1.165, 1.54) is 10.6 Å². The second-order valence-corrected chi connectivity index (χ2v) is 5.08. The Hall–Kier alpha value is -2.11. The fourth-order valence-electron chi connectivity index (χ4n) is 2.05. The number of hydrogen-bond acceptors (Lipinski definition) is 3. The maximum atomic E-state index is 12.2. The first-order chi connectivity index (χ1) is 9.99. The molecular weight excluding hydrogens is 302 g/mol. The van der Waals surface area contributed by atoms with Crippen molar-refractivity contribution in [2.75, 3.05) is 5.32 Å². The number of nitrogens with zero attached hydrogens (tertiary/aromatic N) is 1. The van der Waals surface area contributed by atoms with Gasteiger partial charge in [-0.05, 0) is 11.6 Å². The molecule has 0 spiro atoms. The third-order valence-corrected chi connectivity index (χ3v) is 3.49. The van der Waals surface area contributed by atoms with Gasteiger partial charge in [-0.1, -0.05) is 37.3 Å². The summed E-state index contributed by atoms with van der Waals surface area (Å²) >= 11 is 0. The molecule has 2 aromatic rings. The molecule has 1 heterocycles. The first kappa shape index (κ1) is 17.9. The summed E-state index contributed by atoms with van der Waals surface area (Å²) in [5, 5.41) is 2.78. The molecule has 1 aromatic carbocycles. The second-order valence-electron chi connectivity index (χ2n) is 5.08. The molecular formula is C16H20ClN3O2. The van der Waals surface area contributed by atoms with E-state index in [2.05, 4.69) is 5.32 Å². The predicted octanol–water partition coefficient (Wildman–Crippen LogP) is 2.08. The van der Waals surface area contributed by atoms with Gasteiger partial charge in [0.1, 0.15) is 0 Å². The molecule has 0 fully saturated rings. The first-order valence-corrected chi connectivity index (χ1v) is 6.77. The zero-order valence-electron chi connectivity index (χ0n) is 12.5. The fraction of sp³-hybridized carbons (Fsp3) is 0.250. The monoisotopic (exact) mass is 321 g/mol. The van der Waals surface area contributed by atoms with Crippen LogP contribution in [-0.2, 0) is 11.8 Å². The van der Waals surface area contributed by atoms with E-state index < -0.39 is 0 Å². The summed E-state index contributed by atoms with van der Waals surface area (Å²) in [6, 6.07) is 12.1. The van der Waals surface area contributed by atoms with E-state index in [1.807, 2.05) is 30.3 Å². The second kappa shape index (κ2) is 7.77. The number of rotatable bonds is 4. The lowest BCUT2D eigenvalue weighted by Gasteiger charge is -2.20. The number of amides is 1. The van der Waals surface area contributed by atoms with Gasteiger partial charge >= 0.3 is 0 Å². The molecule has 1 amide bonds. The molecule has 1 aromatic heterocycles. The first-order valence-electron chi connectivity index (χ1n) is 6.77. The van der Waals surface area contributed by atoms with Gasteiger partial charge < -0.3 is 15.6 Å². The van der Waals surface area contributed by atoms with Crippen LogP contribution in [0.25, 0.3) is 0 Å². The molecule has 5 nitrogen and oxygen atoms in total. The Balaban J connectivity index is 0.00000242. The molecule has 2 atom stereocenters. The van der Waals surface area contributed by atoms with E-state index in [0.29, 0.717) is 5.69 Å². The SMILES string of the molecule is CC(C(=O)Nc1ccc(=O)n(C)c1)C(N)c1ccccc1.Cl. The quantitative estimate of drug-likeness (QED) is 0.905. The average Bonchev–Trinajstić information content (AvgIpc) is 2.50. The van der Waals surface area contributed by atoms with Crippen LogP contribution in [0.5, 0.6) is 0 Å². The van der Waals surface area contributed by atoms with E-state index >= 15 is 0 Å². The Morgan fingerprint density at radius 3 is 2.41 bits per heavy atom. The molecule has 0 saturated heterocycles. The molecule has 118 valence electrons. The normalized spacial score (nSPS) is 12.9. The van der Waals surface area contributed by atoms with Gasteiger partial charge in [-0.3, -0.25) is 9.59 Å². The molecule has 0 aliphatic rings. The van der Waals surface area contributed by atoms with Gasteiger partial charge in [0.15, 0.2) is 0 Å². The van der Waals surface area contributed by atoms with Crippen molar-refractivity contribution in [2.24, 2.45) is 18.7 Å². The lowest BCUT2D eigenvalue weighted by atomic mass is 9.94. The van der Waals surface area contributed by atoms with Crippen molar-refractivity contribution in [1.82, 2.24) is 4.57 Å². The fourth-order valence-corrected chi connectivity index (χ4v) is 2.05.